The van der Waals surface area contributed by atoms with Crippen LogP contribution in [0.4, 0.5) is 0 Å². The number of piperazine rings is 1. The molecule has 1 saturated heterocycles. The summed E-state index contributed by atoms with van der Waals surface area (Å²) in [4.78, 5) is 26.7. The van der Waals surface area contributed by atoms with E-state index < -0.39 is 11.9 Å². The molecule has 1 aliphatic heterocycles. The summed E-state index contributed by atoms with van der Waals surface area (Å²) in [5.41, 5.74) is 6.40. The highest BCUT2D eigenvalue weighted by Crippen LogP contribution is 2.23. The van der Waals surface area contributed by atoms with Gasteiger partial charge in [-0.15, -0.1) is 0 Å². The standard InChI is InChI=1S/C14H17Cl2N3O2/c1-9(20)19-5-4-18(8-13(19)14(17)21)7-10-2-3-11(15)12(16)6-10/h2-3,6,13H,4-5,7-8H2,1H3,(H2,17,21)/t13-/m0/s1. The van der Waals surface area contributed by atoms with Crippen molar-refractivity contribution >= 4 is 35.0 Å². The first-order valence-corrected chi connectivity index (χ1v) is 7.37. The topological polar surface area (TPSA) is 66.6 Å². The monoisotopic (exact) mass is 329 g/mol. The summed E-state index contributed by atoms with van der Waals surface area (Å²) in [6.45, 7) is 3.68. The number of benzene rings is 1. The maximum Gasteiger partial charge on any atom is 0.241 e. The van der Waals surface area contributed by atoms with E-state index in [9.17, 15) is 9.59 Å². The van der Waals surface area contributed by atoms with E-state index in [4.69, 9.17) is 28.9 Å². The van der Waals surface area contributed by atoms with Crippen LogP contribution in [0.15, 0.2) is 18.2 Å². The van der Waals surface area contributed by atoms with Crippen molar-refractivity contribution in [1.29, 1.82) is 0 Å². The summed E-state index contributed by atoms with van der Waals surface area (Å²) in [7, 11) is 0. The van der Waals surface area contributed by atoms with Crippen LogP contribution in [0.3, 0.4) is 0 Å². The Bertz CT molecular complexity index is 565. The number of hydrogen-bond donors (Lipinski definition) is 1. The number of carbonyl (C=O) groups excluding carboxylic acids is 2. The van der Waals surface area contributed by atoms with Gasteiger partial charge in [0.25, 0.3) is 0 Å². The van der Waals surface area contributed by atoms with Crippen molar-refractivity contribution in [2.24, 2.45) is 5.73 Å². The van der Waals surface area contributed by atoms with Crippen molar-refractivity contribution in [3.05, 3.63) is 33.8 Å². The Morgan fingerprint density at radius 3 is 2.57 bits per heavy atom. The number of carbonyl (C=O) groups is 2. The number of hydrogen-bond acceptors (Lipinski definition) is 3. The smallest absolute Gasteiger partial charge is 0.241 e. The number of rotatable bonds is 3. The molecule has 1 aromatic carbocycles. The first kappa shape index (κ1) is 16.1. The third-order valence-electron chi connectivity index (χ3n) is 3.59. The van der Waals surface area contributed by atoms with Crippen LogP contribution >= 0.6 is 23.2 Å². The summed E-state index contributed by atoms with van der Waals surface area (Å²) >= 11 is 11.9. The minimum Gasteiger partial charge on any atom is -0.368 e. The quantitative estimate of drug-likeness (QED) is 0.914. The summed E-state index contributed by atoms with van der Waals surface area (Å²) < 4.78 is 0. The molecule has 21 heavy (non-hydrogen) atoms. The van der Waals surface area contributed by atoms with Gasteiger partial charge in [0, 0.05) is 33.1 Å². The predicted octanol–water partition coefficient (Wildman–Crippen LogP) is 1.51. The van der Waals surface area contributed by atoms with Crippen molar-refractivity contribution in [3.63, 3.8) is 0 Å². The van der Waals surface area contributed by atoms with E-state index in [1.807, 2.05) is 6.07 Å². The lowest BCUT2D eigenvalue weighted by Gasteiger charge is -2.39. The molecule has 1 aromatic rings. The Morgan fingerprint density at radius 2 is 2.00 bits per heavy atom. The van der Waals surface area contributed by atoms with Gasteiger partial charge in [-0.2, -0.15) is 0 Å². The number of primary amides is 1. The molecule has 5 nitrogen and oxygen atoms in total. The lowest BCUT2D eigenvalue weighted by molar-refractivity contribution is -0.141. The third-order valence-corrected chi connectivity index (χ3v) is 4.33. The molecular weight excluding hydrogens is 313 g/mol. The Morgan fingerprint density at radius 1 is 1.29 bits per heavy atom. The molecule has 1 fully saturated rings. The van der Waals surface area contributed by atoms with Crippen molar-refractivity contribution < 1.29 is 9.59 Å². The Hall–Kier alpha value is -1.30. The van der Waals surface area contributed by atoms with Gasteiger partial charge in [0.2, 0.25) is 11.8 Å². The van der Waals surface area contributed by atoms with E-state index >= 15 is 0 Å². The van der Waals surface area contributed by atoms with Crippen LogP contribution in [0.25, 0.3) is 0 Å². The van der Waals surface area contributed by atoms with E-state index in [2.05, 4.69) is 4.90 Å². The van der Waals surface area contributed by atoms with Gasteiger partial charge in [-0.3, -0.25) is 14.5 Å². The van der Waals surface area contributed by atoms with Crippen LogP contribution in [0.1, 0.15) is 12.5 Å². The molecule has 0 aliphatic carbocycles. The van der Waals surface area contributed by atoms with Gasteiger partial charge in [0.05, 0.1) is 10.0 Å². The van der Waals surface area contributed by atoms with Crippen LogP contribution in [0.2, 0.25) is 10.0 Å². The second kappa shape index (κ2) is 6.64. The minimum absolute atomic E-state index is 0.131. The fraction of sp³-hybridized carbons (Fsp3) is 0.429. The Balaban J connectivity index is 2.07. The average molecular weight is 330 g/mol. The minimum atomic E-state index is -0.584. The maximum atomic E-state index is 11.5. The highest BCUT2D eigenvalue weighted by Gasteiger charge is 2.32. The molecular formula is C14H17Cl2N3O2. The molecule has 0 aromatic heterocycles. The van der Waals surface area contributed by atoms with Crippen molar-refractivity contribution in [2.75, 3.05) is 19.6 Å². The van der Waals surface area contributed by atoms with Gasteiger partial charge in [-0.25, -0.2) is 0 Å². The number of nitrogens with zero attached hydrogens (tertiary/aromatic N) is 2. The van der Waals surface area contributed by atoms with Gasteiger partial charge in [-0.1, -0.05) is 29.3 Å². The van der Waals surface area contributed by atoms with Crippen LogP contribution in [0, 0.1) is 0 Å². The van der Waals surface area contributed by atoms with Gasteiger partial charge in [0.1, 0.15) is 6.04 Å². The first-order chi connectivity index (χ1) is 9.88. The lowest BCUT2D eigenvalue weighted by Crippen LogP contribution is -2.59. The SMILES string of the molecule is CC(=O)N1CCN(Cc2ccc(Cl)c(Cl)c2)C[C@H]1C(N)=O. The highest BCUT2D eigenvalue weighted by molar-refractivity contribution is 6.42. The molecule has 2 rings (SSSR count). The van der Waals surface area contributed by atoms with Gasteiger partial charge < -0.3 is 10.6 Å². The molecule has 1 atom stereocenters. The van der Waals surface area contributed by atoms with Crippen LogP contribution in [-0.2, 0) is 16.1 Å². The molecule has 1 heterocycles. The second-order valence-electron chi connectivity index (χ2n) is 5.11. The Kier molecular flexibility index (Phi) is 5.08. The summed E-state index contributed by atoms with van der Waals surface area (Å²) in [5.74, 6) is -0.614. The zero-order valence-electron chi connectivity index (χ0n) is 11.7. The number of nitrogens with two attached hydrogens (primary N) is 1. The molecule has 1 aliphatic rings. The predicted molar refractivity (Wildman–Crippen MR) is 82.1 cm³/mol. The van der Waals surface area contributed by atoms with Crippen LogP contribution in [0.5, 0.6) is 0 Å². The highest BCUT2D eigenvalue weighted by atomic mass is 35.5. The molecule has 0 radical (unpaired) electrons. The fourth-order valence-corrected chi connectivity index (χ4v) is 2.82. The molecule has 7 heteroatoms. The zero-order chi connectivity index (χ0) is 15.6. The largest absolute Gasteiger partial charge is 0.368 e. The summed E-state index contributed by atoms with van der Waals surface area (Å²) in [5, 5.41) is 1.01. The van der Waals surface area contributed by atoms with Crippen molar-refractivity contribution in [2.45, 2.75) is 19.5 Å². The molecule has 2 N–H and O–H groups in total. The lowest BCUT2D eigenvalue weighted by atomic mass is 10.1. The van der Waals surface area contributed by atoms with Crippen molar-refractivity contribution in [3.8, 4) is 0 Å². The molecule has 0 unspecified atom stereocenters. The van der Waals surface area contributed by atoms with Crippen LogP contribution < -0.4 is 5.73 Å². The molecule has 0 spiro atoms. The number of amides is 2. The summed E-state index contributed by atoms with van der Waals surface area (Å²) in [6, 6.07) is 4.86. The normalized spacial score (nSPS) is 19.6. The maximum absolute atomic E-state index is 11.5. The van der Waals surface area contributed by atoms with E-state index in [0.717, 1.165) is 5.56 Å². The average Bonchev–Trinajstić information content (AvgIpc) is 2.42. The Labute approximate surface area is 133 Å². The third kappa shape index (κ3) is 3.87. The number of halogens is 2. The fourth-order valence-electron chi connectivity index (χ4n) is 2.50. The zero-order valence-corrected chi connectivity index (χ0v) is 13.2. The van der Waals surface area contributed by atoms with E-state index in [0.29, 0.717) is 36.2 Å². The van der Waals surface area contributed by atoms with Crippen LogP contribution in [-0.4, -0.2) is 47.3 Å². The van der Waals surface area contributed by atoms with E-state index in [1.54, 1.807) is 12.1 Å². The summed E-state index contributed by atoms with van der Waals surface area (Å²) in [6.07, 6.45) is 0. The van der Waals surface area contributed by atoms with E-state index in [-0.39, 0.29) is 5.91 Å². The molecule has 114 valence electrons. The van der Waals surface area contributed by atoms with E-state index in [1.165, 1.54) is 11.8 Å². The second-order valence-corrected chi connectivity index (χ2v) is 5.93. The van der Waals surface area contributed by atoms with Gasteiger partial charge >= 0.3 is 0 Å². The van der Waals surface area contributed by atoms with Crippen molar-refractivity contribution in [1.82, 2.24) is 9.80 Å². The molecule has 0 bridgehead atoms. The molecule has 2 amide bonds. The first-order valence-electron chi connectivity index (χ1n) is 6.61. The van der Waals surface area contributed by atoms with Gasteiger partial charge in [0.15, 0.2) is 0 Å². The van der Waals surface area contributed by atoms with Gasteiger partial charge in [-0.05, 0) is 17.7 Å². The molecule has 0 saturated carbocycles.